The van der Waals surface area contributed by atoms with E-state index >= 15 is 0 Å². The lowest BCUT2D eigenvalue weighted by Gasteiger charge is -2.18. The van der Waals surface area contributed by atoms with Crippen LogP contribution in [-0.2, 0) is 19.9 Å². The molecule has 1 aromatic heterocycles. The van der Waals surface area contributed by atoms with Crippen molar-refractivity contribution in [2.24, 2.45) is 7.05 Å². The van der Waals surface area contributed by atoms with Gasteiger partial charge in [-0.2, -0.15) is 5.10 Å². The lowest BCUT2D eigenvalue weighted by Crippen LogP contribution is -2.21. The zero-order chi connectivity index (χ0) is 14.4. The third-order valence-corrected chi connectivity index (χ3v) is 3.72. The van der Waals surface area contributed by atoms with Crippen molar-refractivity contribution in [3.05, 3.63) is 53.3 Å². The molecule has 0 spiro atoms. The Bertz CT molecular complexity index is 513. The fourth-order valence-corrected chi connectivity index (χ4v) is 2.53. The fourth-order valence-electron chi connectivity index (χ4n) is 2.53. The molecule has 1 aromatic carbocycles. The molecular weight excluding hydrogens is 246 g/mol. The first-order valence-corrected chi connectivity index (χ1v) is 7.52. The average Bonchev–Trinajstić information content (AvgIpc) is 2.89. The van der Waals surface area contributed by atoms with Crippen LogP contribution < -0.4 is 5.32 Å². The smallest absolute Gasteiger partial charge is 0.0521 e. The summed E-state index contributed by atoms with van der Waals surface area (Å²) in [7, 11) is 1.97. The largest absolute Gasteiger partial charge is 0.310 e. The molecule has 1 atom stereocenters. The normalized spacial score (nSPS) is 12.6. The number of rotatable bonds is 7. The summed E-state index contributed by atoms with van der Waals surface area (Å²) in [6, 6.07) is 9.42. The molecule has 0 aliphatic carbocycles. The summed E-state index contributed by atoms with van der Waals surface area (Å²) >= 11 is 0. The summed E-state index contributed by atoms with van der Waals surface area (Å²) in [6.07, 6.45) is 7.32. The minimum absolute atomic E-state index is 0.422. The van der Waals surface area contributed by atoms with Crippen LogP contribution in [0.1, 0.15) is 43.0 Å². The van der Waals surface area contributed by atoms with Crippen LogP contribution in [-0.4, -0.2) is 16.3 Å². The molecule has 0 bridgehead atoms. The second-order valence-corrected chi connectivity index (χ2v) is 5.27. The Morgan fingerprint density at radius 2 is 1.90 bits per heavy atom. The van der Waals surface area contributed by atoms with E-state index in [1.165, 1.54) is 16.7 Å². The number of aryl methyl sites for hydroxylation is 3. The van der Waals surface area contributed by atoms with Crippen LogP contribution in [0.5, 0.6) is 0 Å². The Kier molecular flexibility index (Phi) is 5.36. The van der Waals surface area contributed by atoms with Crippen LogP contribution in [0.2, 0.25) is 0 Å². The zero-order valence-electron chi connectivity index (χ0n) is 12.8. The molecule has 0 amide bonds. The Morgan fingerprint density at radius 3 is 2.45 bits per heavy atom. The molecule has 1 N–H and O–H groups in total. The van der Waals surface area contributed by atoms with Crippen LogP contribution in [0.3, 0.4) is 0 Å². The van der Waals surface area contributed by atoms with Crippen molar-refractivity contribution in [2.45, 2.75) is 39.2 Å². The lowest BCUT2D eigenvalue weighted by atomic mass is 9.98. The van der Waals surface area contributed by atoms with E-state index in [0.717, 1.165) is 25.8 Å². The third-order valence-electron chi connectivity index (χ3n) is 3.72. The minimum Gasteiger partial charge on any atom is -0.310 e. The molecule has 0 aliphatic rings. The molecule has 108 valence electrons. The van der Waals surface area contributed by atoms with Crippen molar-refractivity contribution in [2.75, 3.05) is 6.54 Å². The van der Waals surface area contributed by atoms with Gasteiger partial charge < -0.3 is 5.32 Å². The molecule has 0 saturated heterocycles. The van der Waals surface area contributed by atoms with Gasteiger partial charge in [0, 0.05) is 19.3 Å². The van der Waals surface area contributed by atoms with E-state index in [1.54, 1.807) is 0 Å². The molecule has 3 nitrogen and oxygen atoms in total. The topological polar surface area (TPSA) is 29.9 Å². The maximum Gasteiger partial charge on any atom is 0.0521 e. The van der Waals surface area contributed by atoms with E-state index in [-0.39, 0.29) is 0 Å². The first kappa shape index (κ1) is 14.8. The second-order valence-electron chi connectivity index (χ2n) is 5.27. The van der Waals surface area contributed by atoms with Gasteiger partial charge in [-0.1, -0.05) is 38.1 Å². The summed E-state index contributed by atoms with van der Waals surface area (Å²) < 4.78 is 1.87. The highest BCUT2D eigenvalue weighted by molar-refractivity contribution is 5.25. The molecule has 0 radical (unpaired) electrons. The molecule has 2 aromatic rings. The zero-order valence-corrected chi connectivity index (χ0v) is 12.8. The van der Waals surface area contributed by atoms with E-state index in [0.29, 0.717) is 6.04 Å². The van der Waals surface area contributed by atoms with Gasteiger partial charge in [0.05, 0.1) is 6.20 Å². The van der Waals surface area contributed by atoms with Gasteiger partial charge in [-0.15, -0.1) is 0 Å². The number of hydrogen-bond donors (Lipinski definition) is 1. The van der Waals surface area contributed by atoms with Crippen LogP contribution in [0.25, 0.3) is 0 Å². The number of hydrogen-bond acceptors (Lipinski definition) is 2. The van der Waals surface area contributed by atoms with Crippen molar-refractivity contribution < 1.29 is 0 Å². The summed E-state index contributed by atoms with van der Waals surface area (Å²) in [5.74, 6) is 0. The standard InChI is InChI=1S/C17H25N3/c1-4-14-6-9-16(10-7-14)17(18-5-2)11-8-15-12-19-20(3)13-15/h6-7,9-10,12-13,17-18H,4-5,8,11H2,1-3H3. The molecule has 20 heavy (non-hydrogen) atoms. The third kappa shape index (κ3) is 3.94. The van der Waals surface area contributed by atoms with Gasteiger partial charge in [-0.25, -0.2) is 0 Å². The predicted molar refractivity (Wildman–Crippen MR) is 83.8 cm³/mol. The molecule has 1 heterocycles. The first-order chi connectivity index (χ1) is 9.72. The Balaban J connectivity index is 2.01. The maximum atomic E-state index is 4.23. The van der Waals surface area contributed by atoms with Gasteiger partial charge in [0.2, 0.25) is 0 Å². The summed E-state index contributed by atoms with van der Waals surface area (Å²) in [5, 5.41) is 7.82. The van der Waals surface area contributed by atoms with Gasteiger partial charge in [-0.05, 0) is 42.5 Å². The summed E-state index contributed by atoms with van der Waals surface area (Å²) in [4.78, 5) is 0. The van der Waals surface area contributed by atoms with Gasteiger partial charge >= 0.3 is 0 Å². The van der Waals surface area contributed by atoms with E-state index in [1.807, 2.05) is 17.9 Å². The Labute approximate surface area is 122 Å². The maximum absolute atomic E-state index is 4.23. The lowest BCUT2D eigenvalue weighted by molar-refractivity contribution is 0.515. The second kappa shape index (κ2) is 7.25. The number of aromatic nitrogens is 2. The van der Waals surface area contributed by atoms with Crippen LogP contribution in [0.15, 0.2) is 36.7 Å². The van der Waals surface area contributed by atoms with Crippen molar-refractivity contribution in [1.82, 2.24) is 15.1 Å². The SMILES string of the molecule is CCNC(CCc1cnn(C)c1)c1ccc(CC)cc1. The van der Waals surface area contributed by atoms with Gasteiger partial charge in [0.1, 0.15) is 0 Å². The monoisotopic (exact) mass is 271 g/mol. The highest BCUT2D eigenvalue weighted by Gasteiger charge is 2.10. The molecule has 0 aliphatic heterocycles. The van der Waals surface area contributed by atoms with Crippen LogP contribution >= 0.6 is 0 Å². The van der Waals surface area contributed by atoms with Gasteiger partial charge in [0.15, 0.2) is 0 Å². The van der Waals surface area contributed by atoms with E-state index in [4.69, 9.17) is 0 Å². The Morgan fingerprint density at radius 1 is 1.15 bits per heavy atom. The van der Waals surface area contributed by atoms with E-state index < -0.39 is 0 Å². The summed E-state index contributed by atoms with van der Waals surface area (Å²) in [6.45, 7) is 5.35. The minimum atomic E-state index is 0.422. The quantitative estimate of drug-likeness (QED) is 0.837. The van der Waals surface area contributed by atoms with E-state index in [2.05, 4.69) is 54.7 Å². The van der Waals surface area contributed by atoms with E-state index in [9.17, 15) is 0 Å². The fraction of sp³-hybridized carbons (Fsp3) is 0.471. The summed E-state index contributed by atoms with van der Waals surface area (Å²) in [5.41, 5.74) is 4.09. The van der Waals surface area contributed by atoms with Crippen molar-refractivity contribution in [3.63, 3.8) is 0 Å². The Hall–Kier alpha value is -1.61. The van der Waals surface area contributed by atoms with Crippen molar-refractivity contribution in [1.29, 1.82) is 0 Å². The highest BCUT2D eigenvalue weighted by Crippen LogP contribution is 2.20. The molecule has 0 fully saturated rings. The number of benzene rings is 1. The molecule has 3 heteroatoms. The molecule has 0 saturated carbocycles. The van der Waals surface area contributed by atoms with Crippen LogP contribution in [0.4, 0.5) is 0 Å². The predicted octanol–water partition coefficient (Wildman–Crippen LogP) is 3.27. The number of nitrogens with one attached hydrogen (secondary N) is 1. The highest BCUT2D eigenvalue weighted by atomic mass is 15.2. The number of nitrogens with zero attached hydrogens (tertiary/aromatic N) is 2. The van der Waals surface area contributed by atoms with Crippen molar-refractivity contribution in [3.8, 4) is 0 Å². The average molecular weight is 271 g/mol. The van der Waals surface area contributed by atoms with Gasteiger partial charge in [-0.3, -0.25) is 4.68 Å². The molecular formula is C17H25N3. The molecule has 1 unspecified atom stereocenters. The molecule has 2 rings (SSSR count). The van der Waals surface area contributed by atoms with Crippen molar-refractivity contribution >= 4 is 0 Å². The van der Waals surface area contributed by atoms with Crippen LogP contribution in [0, 0.1) is 0 Å². The first-order valence-electron chi connectivity index (χ1n) is 7.52. The van der Waals surface area contributed by atoms with Gasteiger partial charge in [0.25, 0.3) is 0 Å².